The van der Waals surface area contributed by atoms with E-state index in [1.54, 1.807) is 0 Å². The molecule has 1 aromatic carbocycles. The molecule has 0 amide bonds. The van der Waals surface area contributed by atoms with Gasteiger partial charge in [0.2, 0.25) is 0 Å². The lowest BCUT2D eigenvalue weighted by Crippen LogP contribution is -2.26. The van der Waals surface area contributed by atoms with Crippen molar-refractivity contribution in [3.05, 3.63) is 59.0 Å². The molecule has 0 spiro atoms. The van der Waals surface area contributed by atoms with Gasteiger partial charge in [0.25, 0.3) is 0 Å². The van der Waals surface area contributed by atoms with Crippen LogP contribution in [0.4, 0.5) is 0 Å². The highest BCUT2D eigenvalue weighted by molar-refractivity contribution is 5.59. The monoisotopic (exact) mass is 210 g/mol. The Morgan fingerprint density at radius 3 is 2.81 bits per heavy atom. The Kier molecular flexibility index (Phi) is 3.40. The van der Waals surface area contributed by atoms with Gasteiger partial charge in [-0.15, -0.1) is 0 Å². The topological polar surface area (TPSA) is 0 Å². The van der Waals surface area contributed by atoms with E-state index in [0.717, 1.165) is 6.42 Å². The zero-order chi connectivity index (χ0) is 11.4. The number of hydrogen-bond donors (Lipinski definition) is 0. The van der Waals surface area contributed by atoms with Crippen molar-refractivity contribution in [2.75, 3.05) is 0 Å². The maximum Gasteiger partial charge on any atom is -0.0155 e. The van der Waals surface area contributed by atoms with Crippen LogP contribution in [-0.4, -0.2) is 0 Å². The molecule has 0 heteroatoms. The van der Waals surface area contributed by atoms with Gasteiger partial charge >= 0.3 is 0 Å². The van der Waals surface area contributed by atoms with Gasteiger partial charge in [-0.2, -0.15) is 0 Å². The minimum Gasteiger partial charge on any atom is -0.0814 e. The maximum absolute atomic E-state index is 2.27. The molecule has 82 valence electrons. The Bertz CT molecular complexity index is 529. The first kappa shape index (κ1) is 10.9. The Balaban J connectivity index is 2.64. The third kappa shape index (κ3) is 2.33. The van der Waals surface area contributed by atoms with Crippen molar-refractivity contribution in [2.24, 2.45) is 5.92 Å². The van der Waals surface area contributed by atoms with Crippen LogP contribution in [-0.2, 0) is 0 Å². The van der Waals surface area contributed by atoms with Crippen LogP contribution in [0.25, 0.3) is 11.6 Å². The highest BCUT2D eigenvalue weighted by Crippen LogP contribution is 2.16. The summed E-state index contributed by atoms with van der Waals surface area (Å²) in [6.45, 7) is 4.36. The van der Waals surface area contributed by atoms with Gasteiger partial charge in [0, 0.05) is 0 Å². The van der Waals surface area contributed by atoms with E-state index in [1.165, 1.54) is 16.0 Å². The molecular weight excluding hydrogens is 192 g/mol. The summed E-state index contributed by atoms with van der Waals surface area (Å²) in [5.74, 6) is 0.620. The lowest BCUT2D eigenvalue weighted by molar-refractivity contribution is 0.758. The summed E-state index contributed by atoms with van der Waals surface area (Å²) in [5.41, 5.74) is 1.44. The minimum absolute atomic E-state index is 0.620. The van der Waals surface area contributed by atoms with Crippen LogP contribution in [0.15, 0.2) is 48.6 Å². The second kappa shape index (κ2) is 4.98. The molecule has 0 N–H and O–H groups in total. The van der Waals surface area contributed by atoms with Gasteiger partial charge in [-0.3, -0.25) is 0 Å². The molecule has 0 fully saturated rings. The molecule has 1 aliphatic carbocycles. The number of benzene rings is 1. The Hall–Kier alpha value is -1.56. The van der Waals surface area contributed by atoms with Gasteiger partial charge in [0.1, 0.15) is 0 Å². The summed E-state index contributed by atoms with van der Waals surface area (Å²) in [5, 5.41) is 2.70. The maximum atomic E-state index is 2.27. The van der Waals surface area contributed by atoms with Crippen LogP contribution in [0, 0.1) is 5.92 Å². The highest BCUT2D eigenvalue weighted by Gasteiger charge is 2.03. The van der Waals surface area contributed by atoms with Crippen LogP contribution in [0.1, 0.15) is 20.3 Å². The zero-order valence-corrected chi connectivity index (χ0v) is 9.98. The van der Waals surface area contributed by atoms with Gasteiger partial charge in [-0.25, -0.2) is 0 Å². The van der Waals surface area contributed by atoms with Crippen molar-refractivity contribution in [1.82, 2.24) is 0 Å². The number of allylic oxidation sites excluding steroid dienone is 4. The fourth-order valence-corrected chi connectivity index (χ4v) is 2.15. The molecule has 16 heavy (non-hydrogen) atoms. The van der Waals surface area contributed by atoms with Crippen molar-refractivity contribution < 1.29 is 0 Å². The number of hydrogen-bond acceptors (Lipinski definition) is 0. The van der Waals surface area contributed by atoms with E-state index in [-0.39, 0.29) is 0 Å². The molecule has 0 saturated heterocycles. The van der Waals surface area contributed by atoms with Crippen molar-refractivity contribution >= 4 is 11.6 Å². The lowest BCUT2D eigenvalue weighted by Gasteiger charge is -2.05. The van der Waals surface area contributed by atoms with E-state index < -0.39 is 0 Å². The van der Waals surface area contributed by atoms with E-state index in [9.17, 15) is 0 Å². The summed E-state index contributed by atoms with van der Waals surface area (Å²) in [6.07, 6.45) is 12.1. The van der Waals surface area contributed by atoms with E-state index >= 15 is 0 Å². The van der Waals surface area contributed by atoms with Gasteiger partial charge < -0.3 is 0 Å². The van der Waals surface area contributed by atoms with E-state index in [4.69, 9.17) is 0 Å². The standard InChI is InChI=1S/C16H18/c1-3-14-9-6-7-11-16(14)15-10-5-4-8-13(2)12-15/h3-11,13H,12H2,1-2H3/b14-3-,16-15-. The normalized spacial score (nSPS) is 24.6. The predicted molar refractivity (Wildman–Crippen MR) is 71.3 cm³/mol. The molecule has 0 aliphatic heterocycles. The Morgan fingerprint density at radius 2 is 2.00 bits per heavy atom. The van der Waals surface area contributed by atoms with Gasteiger partial charge in [0.15, 0.2) is 0 Å². The van der Waals surface area contributed by atoms with Crippen molar-refractivity contribution in [3.63, 3.8) is 0 Å². The minimum atomic E-state index is 0.620. The van der Waals surface area contributed by atoms with Crippen LogP contribution in [0.3, 0.4) is 0 Å². The zero-order valence-electron chi connectivity index (χ0n) is 9.98. The second-order valence-electron chi connectivity index (χ2n) is 4.33. The van der Waals surface area contributed by atoms with Crippen molar-refractivity contribution in [2.45, 2.75) is 20.3 Å². The molecule has 0 saturated carbocycles. The third-order valence-corrected chi connectivity index (χ3v) is 3.01. The lowest BCUT2D eigenvalue weighted by atomic mass is 9.99. The summed E-state index contributed by atoms with van der Waals surface area (Å²) in [4.78, 5) is 0. The average molecular weight is 210 g/mol. The Morgan fingerprint density at radius 1 is 1.19 bits per heavy atom. The van der Waals surface area contributed by atoms with Crippen LogP contribution in [0.5, 0.6) is 0 Å². The number of rotatable bonds is 0. The van der Waals surface area contributed by atoms with Gasteiger partial charge in [0.05, 0.1) is 0 Å². The van der Waals surface area contributed by atoms with E-state index in [2.05, 4.69) is 68.5 Å². The Labute approximate surface area is 97.3 Å². The molecule has 0 bridgehead atoms. The van der Waals surface area contributed by atoms with Crippen molar-refractivity contribution in [3.8, 4) is 0 Å². The summed E-state index contributed by atoms with van der Waals surface area (Å²) < 4.78 is 0. The van der Waals surface area contributed by atoms with Gasteiger partial charge in [-0.1, -0.05) is 61.6 Å². The summed E-state index contributed by atoms with van der Waals surface area (Å²) in [6, 6.07) is 8.61. The molecule has 0 heterocycles. The molecule has 0 aromatic heterocycles. The first-order valence-electron chi connectivity index (χ1n) is 5.90. The van der Waals surface area contributed by atoms with Crippen molar-refractivity contribution in [1.29, 1.82) is 0 Å². The van der Waals surface area contributed by atoms with E-state index in [1.807, 2.05) is 0 Å². The first-order chi connectivity index (χ1) is 7.81. The molecule has 1 atom stereocenters. The molecule has 1 unspecified atom stereocenters. The fourth-order valence-electron chi connectivity index (χ4n) is 2.15. The predicted octanol–water partition coefficient (Wildman–Crippen LogP) is 2.79. The smallest absolute Gasteiger partial charge is 0.0155 e. The van der Waals surface area contributed by atoms with E-state index in [0.29, 0.717) is 5.92 Å². The third-order valence-electron chi connectivity index (χ3n) is 3.01. The fraction of sp³-hybridized carbons (Fsp3) is 0.250. The summed E-state index contributed by atoms with van der Waals surface area (Å²) >= 11 is 0. The van der Waals surface area contributed by atoms with Crippen LogP contribution >= 0.6 is 0 Å². The molecule has 0 radical (unpaired) electrons. The molecule has 2 rings (SSSR count). The quantitative estimate of drug-likeness (QED) is 0.617. The second-order valence-corrected chi connectivity index (χ2v) is 4.33. The molecule has 1 aliphatic rings. The molecular formula is C16H18. The van der Waals surface area contributed by atoms with Gasteiger partial charge in [-0.05, 0) is 35.3 Å². The molecule has 0 nitrogen and oxygen atoms in total. The largest absolute Gasteiger partial charge is 0.0814 e. The molecule has 1 aromatic rings. The summed E-state index contributed by atoms with van der Waals surface area (Å²) in [7, 11) is 0. The highest BCUT2D eigenvalue weighted by atomic mass is 14.1. The average Bonchev–Trinajstić information content (AvgIpc) is 2.54. The first-order valence-corrected chi connectivity index (χ1v) is 5.90. The SMILES string of the molecule is C/C=c1/cccc/c1=C1\C=CC=CC(C)C1. The van der Waals surface area contributed by atoms with Crippen LogP contribution in [0.2, 0.25) is 0 Å². The van der Waals surface area contributed by atoms with Crippen LogP contribution < -0.4 is 10.4 Å².